The van der Waals surface area contributed by atoms with Crippen molar-refractivity contribution in [1.82, 2.24) is 26.2 Å². The molecule has 0 aliphatic rings. The molecule has 0 fully saturated rings. The fourth-order valence-corrected chi connectivity index (χ4v) is 2.81. The number of hydrogen-bond acceptors (Lipinski definition) is 6. The van der Waals surface area contributed by atoms with E-state index in [-0.39, 0.29) is 17.7 Å². The molecule has 0 atom stereocenters. The second kappa shape index (κ2) is 7.77. The van der Waals surface area contributed by atoms with Crippen LogP contribution in [0.5, 0.6) is 0 Å². The molecule has 2 heterocycles. The molecule has 0 unspecified atom stereocenters. The summed E-state index contributed by atoms with van der Waals surface area (Å²) in [6.07, 6.45) is -0.133. The molecule has 0 aliphatic heterocycles. The van der Waals surface area contributed by atoms with Crippen molar-refractivity contribution in [2.24, 2.45) is 0 Å². The highest BCUT2D eigenvalue weighted by Gasteiger charge is 2.15. The number of hydrogen-bond donors (Lipinski definition) is 3. The van der Waals surface area contributed by atoms with Crippen LogP contribution in [-0.4, -0.2) is 27.2 Å². The number of carbonyl (C=O) groups is 2. The first-order chi connectivity index (χ1) is 14.1. The Kier molecular flexibility index (Phi) is 4.85. The summed E-state index contributed by atoms with van der Waals surface area (Å²) in [5.41, 5.74) is 5.44. The molecule has 2 amide bonds. The molecule has 4 rings (SSSR count). The lowest BCUT2D eigenvalue weighted by molar-refractivity contribution is -0.121. The molecular weight excluding hydrogens is 374 g/mol. The summed E-state index contributed by atoms with van der Waals surface area (Å²) in [4.78, 5) is 36.2. The molecule has 9 heteroatoms. The zero-order chi connectivity index (χ0) is 20.2. The van der Waals surface area contributed by atoms with E-state index < -0.39 is 11.8 Å². The summed E-state index contributed by atoms with van der Waals surface area (Å²) in [6.45, 7) is 0. The molecule has 0 radical (unpaired) electrons. The Labute approximate surface area is 163 Å². The van der Waals surface area contributed by atoms with Crippen LogP contribution in [0.2, 0.25) is 0 Å². The SMILES string of the molecule is O=C(Cc1n[nH]c(=O)c2ccccc12)NNC(=O)c1cc(-c2ccccc2)on1. The highest BCUT2D eigenvalue weighted by molar-refractivity contribution is 5.95. The van der Waals surface area contributed by atoms with E-state index in [9.17, 15) is 14.4 Å². The third kappa shape index (κ3) is 3.88. The molecule has 4 aromatic rings. The normalized spacial score (nSPS) is 10.6. The molecule has 29 heavy (non-hydrogen) atoms. The first-order valence-electron chi connectivity index (χ1n) is 8.69. The quantitative estimate of drug-likeness (QED) is 0.454. The topological polar surface area (TPSA) is 130 Å². The second-order valence-electron chi connectivity index (χ2n) is 6.17. The van der Waals surface area contributed by atoms with E-state index in [1.807, 2.05) is 30.3 Å². The summed E-state index contributed by atoms with van der Waals surface area (Å²) >= 11 is 0. The second-order valence-corrected chi connectivity index (χ2v) is 6.17. The average molecular weight is 389 g/mol. The zero-order valence-corrected chi connectivity index (χ0v) is 15.0. The lowest BCUT2D eigenvalue weighted by Gasteiger charge is -2.07. The minimum absolute atomic E-state index is 0.0248. The summed E-state index contributed by atoms with van der Waals surface area (Å²) < 4.78 is 5.17. The van der Waals surface area contributed by atoms with Gasteiger partial charge in [0.2, 0.25) is 5.91 Å². The first kappa shape index (κ1) is 18.1. The lowest BCUT2D eigenvalue weighted by Crippen LogP contribution is -2.42. The third-order valence-electron chi connectivity index (χ3n) is 4.22. The standard InChI is InChI=1S/C20H15N5O4/c26-18(11-15-13-8-4-5-9-14(13)19(27)23-21-15)22-24-20(28)16-10-17(29-25-16)12-6-2-1-3-7-12/h1-10H,11H2,(H,22,26)(H,23,27)(H,24,28). The van der Waals surface area contributed by atoms with Crippen LogP contribution < -0.4 is 16.4 Å². The maximum absolute atomic E-state index is 12.2. The third-order valence-corrected chi connectivity index (χ3v) is 4.22. The van der Waals surface area contributed by atoms with E-state index in [2.05, 4.69) is 26.2 Å². The Morgan fingerprint density at radius 1 is 0.966 bits per heavy atom. The maximum atomic E-state index is 12.2. The number of aromatic nitrogens is 3. The monoisotopic (exact) mass is 389 g/mol. The predicted octanol–water partition coefficient (Wildman–Crippen LogP) is 1.58. The Bertz CT molecular complexity index is 1250. The first-order valence-corrected chi connectivity index (χ1v) is 8.69. The van der Waals surface area contributed by atoms with Crippen molar-refractivity contribution in [3.05, 3.63) is 82.4 Å². The van der Waals surface area contributed by atoms with Gasteiger partial charge in [-0.05, 0) is 6.07 Å². The van der Waals surface area contributed by atoms with Gasteiger partial charge in [-0.2, -0.15) is 5.10 Å². The van der Waals surface area contributed by atoms with E-state index in [4.69, 9.17) is 4.52 Å². The van der Waals surface area contributed by atoms with Crippen LogP contribution in [0, 0.1) is 0 Å². The molecular formula is C20H15N5O4. The van der Waals surface area contributed by atoms with Crippen molar-refractivity contribution < 1.29 is 14.1 Å². The fourth-order valence-electron chi connectivity index (χ4n) is 2.81. The molecule has 3 N–H and O–H groups in total. The Balaban J connectivity index is 1.40. The smallest absolute Gasteiger partial charge is 0.291 e. The van der Waals surface area contributed by atoms with Crippen molar-refractivity contribution in [3.63, 3.8) is 0 Å². The van der Waals surface area contributed by atoms with Crippen LogP contribution in [0.15, 0.2) is 70.0 Å². The van der Waals surface area contributed by atoms with Crippen LogP contribution in [0.4, 0.5) is 0 Å². The van der Waals surface area contributed by atoms with Gasteiger partial charge in [0, 0.05) is 17.0 Å². The Morgan fingerprint density at radius 3 is 2.48 bits per heavy atom. The number of aromatic amines is 1. The maximum Gasteiger partial charge on any atom is 0.291 e. The molecule has 0 aliphatic carbocycles. The zero-order valence-electron chi connectivity index (χ0n) is 15.0. The van der Waals surface area contributed by atoms with Crippen molar-refractivity contribution in [2.45, 2.75) is 6.42 Å². The molecule has 0 bridgehead atoms. The summed E-state index contributed by atoms with van der Waals surface area (Å²) in [5, 5.41) is 11.0. The van der Waals surface area contributed by atoms with Gasteiger partial charge in [-0.1, -0.05) is 53.7 Å². The summed E-state index contributed by atoms with van der Waals surface area (Å²) in [7, 11) is 0. The van der Waals surface area contributed by atoms with Crippen molar-refractivity contribution >= 4 is 22.6 Å². The summed E-state index contributed by atoms with van der Waals surface area (Å²) in [5.74, 6) is -0.690. The molecule has 9 nitrogen and oxygen atoms in total. The molecule has 0 saturated heterocycles. The van der Waals surface area contributed by atoms with E-state index in [0.717, 1.165) is 5.56 Å². The molecule has 144 valence electrons. The molecule has 0 saturated carbocycles. The van der Waals surface area contributed by atoms with Crippen molar-refractivity contribution in [2.75, 3.05) is 0 Å². The van der Waals surface area contributed by atoms with E-state index in [0.29, 0.717) is 22.2 Å². The number of benzene rings is 2. The van der Waals surface area contributed by atoms with Gasteiger partial charge in [0.05, 0.1) is 17.5 Å². The van der Waals surface area contributed by atoms with Gasteiger partial charge in [0.15, 0.2) is 11.5 Å². The van der Waals surface area contributed by atoms with Gasteiger partial charge in [-0.25, -0.2) is 5.10 Å². The van der Waals surface area contributed by atoms with E-state index in [1.165, 1.54) is 6.07 Å². The summed E-state index contributed by atoms with van der Waals surface area (Å²) in [6, 6.07) is 17.5. The number of carbonyl (C=O) groups excluding carboxylic acids is 2. The molecule has 2 aromatic carbocycles. The number of fused-ring (bicyclic) bond motifs is 1. The largest absolute Gasteiger partial charge is 0.355 e. The number of H-pyrrole nitrogens is 1. The number of hydrazine groups is 1. The van der Waals surface area contributed by atoms with Crippen molar-refractivity contribution in [3.8, 4) is 11.3 Å². The number of nitrogens with one attached hydrogen (secondary N) is 3. The van der Waals surface area contributed by atoms with Crippen LogP contribution in [0.1, 0.15) is 16.2 Å². The predicted molar refractivity (Wildman–Crippen MR) is 104 cm³/mol. The molecule has 0 spiro atoms. The lowest BCUT2D eigenvalue weighted by atomic mass is 10.1. The Hall–Kier alpha value is -4.27. The minimum Gasteiger partial charge on any atom is -0.355 e. The molecule has 2 aromatic heterocycles. The van der Waals surface area contributed by atoms with Crippen LogP contribution in [-0.2, 0) is 11.2 Å². The van der Waals surface area contributed by atoms with Gasteiger partial charge < -0.3 is 4.52 Å². The number of amides is 2. The van der Waals surface area contributed by atoms with Crippen LogP contribution >= 0.6 is 0 Å². The highest BCUT2D eigenvalue weighted by Crippen LogP contribution is 2.19. The minimum atomic E-state index is -0.622. The van der Waals surface area contributed by atoms with Gasteiger partial charge >= 0.3 is 0 Å². The van der Waals surface area contributed by atoms with Gasteiger partial charge in [-0.15, -0.1) is 0 Å². The van der Waals surface area contributed by atoms with Gasteiger partial charge in [0.1, 0.15) is 0 Å². The van der Waals surface area contributed by atoms with Crippen LogP contribution in [0.25, 0.3) is 22.1 Å². The van der Waals surface area contributed by atoms with Gasteiger partial charge in [-0.3, -0.25) is 25.2 Å². The van der Waals surface area contributed by atoms with Gasteiger partial charge in [0.25, 0.3) is 11.5 Å². The van der Waals surface area contributed by atoms with E-state index >= 15 is 0 Å². The van der Waals surface area contributed by atoms with Crippen LogP contribution in [0.3, 0.4) is 0 Å². The highest BCUT2D eigenvalue weighted by atomic mass is 16.5. The van der Waals surface area contributed by atoms with E-state index in [1.54, 1.807) is 24.3 Å². The number of rotatable bonds is 4. The van der Waals surface area contributed by atoms with Crippen molar-refractivity contribution in [1.29, 1.82) is 0 Å². The fraction of sp³-hybridized carbons (Fsp3) is 0.0500. The number of nitrogens with zero attached hydrogens (tertiary/aromatic N) is 2. The average Bonchev–Trinajstić information content (AvgIpc) is 3.25. The Morgan fingerprint density at radius 2 is 1.69 bits per heavy atom.